The van der Waals surface area contributed by atoms with Crippen LogP contribution in [-0.2, 0) is 9.53 Å². The quantitative estimate of drug-likeness (QED) is 0.170. The molecule has 8 nitrogen and oxygen atoms in total. The average molecular weight is 554 g/mol. The molecule has 0 saturated carbocycles. The predicted octanol–water partition coefficient (Wildman–Crippen LogP) is 3.67. The first-order chi connectivity index (χ1) is 13.6. The van der Waals surface area contributed by atoms with Crippen LogP contribution in [0.4, 0.5) is 10.5 Å². The molecule has 0 saturated heterocycles. The van der Waals surface area contributed by atoms with Gasteiger partial charge in [0.1, 0.15) is 5.60 Å². The van der Waals surface area contributed by atoms with Crippen molar-refractivity contribution in [1.82, 2.24) is 16.0 Å². The van der Waals surface area contributed by atoms with E-state index in [1.54, 1.807) is 19.2 Å². The molecular weight excluding hydrogens is 521 g/mol. The maximum atomic E-state index is 12.1. The third-order valence-electron chi connectivity index (χ3n) is 3.72. The molecule has 0 heterocycles. The van der Waals surface area contributed by atoms with E-state index in [1.165, 1.54) is 0 Å². The van der Waals surface area contributed by atoms with Crippen LogP contribution in [0.3, 0.4) is 0 Å². The van der Waals surface area contributed by atoms with Gasteiger partial charge in [-0.1, -0.05) is 17.7 Å². The van der Waals surface area contributed by atoms with E-state index in [-0.39, 0.29) is 36.3 Å². The second-order valence-electron chi connectivity index (χ2n) is 7.42. The van der Waals surface area contributed by atoms with Gasteiger partial charge >= 0.3 is 6.09 Å². The highest BCUT2D eigenvalue weighted by Crippen LogP contribution is 2.22. The first-order valence-electron chi connectivity index (χ1n) is 9.58. The molecule has 1 rings (SSSR count). The number of carbonyl (C=O) groups is 2. The molecule has 0 aliphatic rings. The lowest BCUT2D eigenvalue weighted by Crippen LogP contribution is -2.40. The van der Waals surface area contributed by atoms with Gasteiger partial charge in [-0.05, 0) is 51.8 Å². The second kappa shape index (κ2) is 14.3. The van der Waals surface area contributed by atoms with Crippen molar-refractivity contribution < 1.29 is 14.3 Å². The summed E-state index contributed by atoms with van der Waals surface area (Å²) in [5, 5.41) is 12.4. The molecule has 0 fully saturated rings. The SMILES string of the molecule is CN=C(NCCCNC(=O)OC(C)(C)C)NCCC(=O)Nc1cccc(Cl)c1C.I. The summed E-state index contributed by atoms with van der Waals surface area (Å²) in [6.07, 6.45) is 0.558. The Hall–Kier alpha value is -1.75. The van der Waals surface area contributed by atoms with Crippen LogP contribution in [0.25, 0.3) is 0 Å². The molecule has 170 valence electrons. The molecule has 0 unspecified atom stereocenters. The summed E-state index contributed by atoms with van der Waals surface area (Å²) in [5.41, 5.74) is 1.04. The molecule has 0 atom stereocenters. The Morgan fingerprint density at radius 3 is 2.37 bits per heavy atom. The molecule has 0 aliphatic carbocycles. The zero-order valence-electron chi connectivity index (χ0n) is 18.2. The van der Waals surface area contributed by atoms with Crippen molar-refractivity contribution in [3.8, 4) is 0 Å². The number of nitrogens with one attached hydrogen (secondary N) is 4. The number of carbonyl (C=O) groups excluding carboxylic acids is 2. The summed E-state index contributed by atoms with van der Waals surface area (Å²) in [6.45, 7) is 8.85. The van der Waals surface area contributed by atoms with Gasteiger partial charge < -0.3 is 26.0 Å². The topological polar surface area (TPSA) is 104 Å². The fourth-order valence-electron chi connectivity index (χ4n) is 2.27. The number of hydrogen-bond acceptors (Lipinski definition) is 4. The van der Waals surface area contributed by atoms with Crippen LogP contribution in [0.5, 0.6) is 0 Å². The highest BCUT2D eigenvalue weighted by Gasteiger charge is 2.15. The van der Waals surface area contributed by atoms with Crippen LogP contribution < -0.4 is 21.3 Å². The van der Waals surface area contributed by atoms with Gasteiger partial charge in [-0.15, -0.1) is 24.0 Å². The van der Waals surface area contributed by atoms with Gasteiger partial charge in [0.2, 0.25) is 5.91 Å². The van der Waals surface area contributed by atoms with E-state index in [0.717, 1.165) is 5.56 Å². The van der Waals surface area contributed by atoms with Crippen molar-refractivity contribution in [3.63, 3.8) is 0 Å². The largest absolute Gasteiger partial charge is 0.444 e. The molecule has 1 aromatic carbocycles. The Balaban J connectivity index is 0.00000841. The monoisotopic (exact) mass is 553 g/mol. The second-order valence-corrected chi connectivity index (χ2v) is 7.83. The van der Waals surface area contributed by atoms with E-state index in [0.29, 0.717) is 42.7 Å². The van der Waals surface area contributed by atoms with E-state index in [1.807, 2.05) is 33.8 Å². The van der Waals surface area contributed by atoms with Crippen molar-refractivity contribution in [1.29, 1.82) is 0 Å². The molecule has 4 N–H and O–H groups in total. The van der Waals surface area contributed by atoms with Crippen molar-refractivity contribution in [2.75, 3.05) is 32.0 Å². The van der Waals surface area contributed by atoms with Gasteiger partial charge in [0.05, 0.1) is 0 Å². The van der Waals surface area contributed by atoms with Gasteiger partial charge in [-0.25, -0.2) is 4.79 Å². The zero-order chi connectivity index (χ0) is 21.9. The summed E-state index contributed by atoms with van der Waals surface area (Å²) >= 11 is 6.06. The van der Waals surface area contributed by atoms with Crippen molar-refractivity contribution in [2.45, 2.75) is 46.1 Å². The molecule has 0 aliphatic heterocycles. The lowest BCUT2D eigenvalue weighted by atomic mass is 10.2. The summed E-state index contributed by atoms with van der Waals surface area (Å²) in [7, 11) is 1.66. The molecule has 0 bridgehead atoms. The molecule has 2 amide bonds. The molecular formula is C20H33ClIN5O3. The number of nitrogens with zero attached hydrogens (tertiary/aromatic N) is 1. The highest BCUT2D eigenvalue weighted by atomic mass is 127. The van der Waals surface area contributed by atoms with Crippen LogP contribution in [0, 0.1) is 6.92 Å². The smallest absolute Gasteiger partial charge is 0.407 e. The standard InChI is InChI=1S/C20H32ClN5O3.HI/c1-14-15(21)8-6-9-16(14)26-17(27)10-13-24-18(22-5)23-11-7-12-25-19(28)29-20(2,3)4;/h6,8-9H,7,10-13H2,1-5H3,(H,25,28)(H,26,27)(H2,22,23,24);1H. The van der Waals surface area contributed by atoms with Gasteiger partial charge in [0.25, 0.3) is 0 Å². The van der Waals surface area contributed by atoms with Gasteiger partial charge in [0.15, 0.2) is 5.96 Å². The third kappa shape index (κ3) is 12.1. The number of alkyl carbamates (subject to hydrolysis) is 1. The first-order valence-corrected chi connectivity index (χ1v) is 9.96. The third-order valence-corrected chi connectivity index (χ3v) is 4.13. The van der Waals surface area contributed by atoms with E-state index < -0.39 is 11.7 Å². The van der Waals surface area contributed by atoms with Crippen LogP contribution in [0.2, 0.25) is 5.02 Å². The minimum atomic E-state index is -0.508. The molecule has 30 heavy (non-hydrogen) atoms. The zero-order valence-corrected chi connectivity index (χ0v) is 21.3. The van der Waals surface area contributed by atoms with Crippen LogP contribution in [0.15, 0.2) is 23.2 Å². The maximum absolute atomic E-state index is 12.1. The summed E-state index contributed by atoms with van der Waals surface area (Å²) in [6, 6.07) is 5.40. The fraction of sp³-hybridized carbons (Fsp3) is 0.550. The van der Waals surface area contributed by atoms with Gasteiger partial charge in [-0.2, -0.15) is 0 Å². The van der Waals surface area contributed by atoms with Crippen molar-refractivity contribution in [3.05, 3.63) is 28.8 Å². The Labute approximate surface area is 201 Å². The molecule has 0 radical (unpaired) electrons. The van der Waals surface area contributed by atoms with Gasteiger partial charge in [-0.3, -0.25) is 9.79 Å². The number of aliphatic imine (C=N–C) groups is 1. The van der Waals surface area contributed by atoms with Crippen molar-refractivity contribution >= 4 is 59.2 Å². The highest BCUT2D eigenvalue weighted by molar-refractivity contribution is 14.0. The molecule has 10 heteroatoms. The molecule has 0 spiro atoms. The maximum Gasteiger partial charge on any atom is 0.407 e. The van der Waals surface area contributed by atoms with Crippen LogP contribution >= 0.6 is 35.6 Å². The molecule has 1 aromatic rings. The fourth-order valence-corrected chi connectivity index (χ4v) is 2.44. The van der Waals surface area contributed by atoms with Crippen LogP contribution in [-0.4, -0.2) is 50.2 Å². The first kappa shape index (κ1) is 28.2. The van der Waals surface area contributed by atoms with Crippen LogP contribution in [0.1, 0.15) is 39.2 Å². The lowest BCUT2D eigenvalue weighted by Gasteiger charge is -2.19. The number of ether oxygens (including phenoxy) is 1. The average Bonchev–Trinajstić information content (AvgIpc) is 2.62. The Kier molecular flexibility index (Phi) is 13.5. The number of benzene rings is 1. The summed E-state index contributed by atoms with van der Waals surface area (Å²) in [4.78, 5) is 27.8. The number of amides is 2. The number of hydrogen-bond donors (Lipinski definition) is 4. The van der Waals surface area contributed by atoms with E-state index in [9.17, 15) is 9.59 Å². The Bertz CT molecular complexity index is 723. The van der Waals surface area contributed by atoms with E-state index in [2.05, 4.69) is 26.3 Å². The Morgan fingerprint density at radius 2 is 1.73 bits per heavy atom. The lowest BCUT2D eigenvalue weighted by molar-refractivity contribution is -0.116. The molecule has 0 aromatic heterocycles. The number of rotatable bonds is 8. The predicted molar refractivity (Wildman–Crippen MR) is 133 cm³/mol. The minimum absolute atomic E-state index is 0. The van der Waals surface area contributed by atoms with Gasteiger partial charge in [0, 0.05) is 43.8 Å². The normalized spacial score (nSPS) is 11.2. The van der Waals surface area contributed by atoms with E-state index in [4.69, 9.17) is 16.3 Å². The van der Waals surface area contributed by atoms with Crippen molar-refractivity contribution in [2.24, 2.45) is 4.99 Å². The summed E-state index contributed by atoms with van der Waals surface area (Å²) < 4.78 is 5.17. The number of guanidine groups is 1. The number of halogens is 2. The summed E-state index contributed by atoms with van der Waals surface area (Å²) in [5.74, 6) is 0.480. The number of anilines is 1. The minimum Gasteiger partial charge on any atom is -0.444 e. The van der Waals surface area contributed by atoms with E-state index >= 15 is 0 Å². The Morgan fingerprint density at radius 1 is 1.10 bits per heavy atom.